The molecule has 0 aromatic rings. The number of aliphatic hydroxyl groups excluding tert-OH is 1. The van der Waals surface area contributed by atoms with E-state index in [1.807, 2.05) is 0 Å². The maximum Gasteiger partial charge on any atom is 0.234 e. The molecule has 104 valence electrons. The molecule has 1 heterocycles. The van der Waals surface area contributed by atoms with Crippen LogP contribution in [0.15, 0.2) is 0 Å². The molecule has 2 fully saturated rings. The van der Waals surface area contributed by atoms with Gasteiger partial charge in [0.25, 0.3) is 0 Å². The summed E-state index contributed by atoms with van der Waals surface area (Å²) in [4.78, 5) is 14.2. The van der Waals surface area contributed by atoms with Gasteiger partial charge in [0.05, 0.1) is 6.54 Å². The summed E-state index contributed by atoms with van der Waals surface area (Å²) < 4.78 is 0. The molecule has 0 aromatic carbocycles. The Morgan fingerprint density at radius 3 is 2.72 bits per heavy atom. The van der Waals surface area contributed by atoms with Gasteiger partial charge in [0.2, 0.25) is 5.91 Å². The molecule has 1 aliphatic heterocycles. The number of piperazine rings is 1. The first-order valence-corrected chi connectivity index (χ1v) is 7.13. The quantitative estimate of drug-likeness (QED) is 0.637. The molecule has 1 aliphatic carbocycles. The zero-order valence-electron chi connectivity index (χ0n) is 11.0. The van der Waals surface area contributed by atoms with Crippen LogP contribution in [0.2, 0.25) is 0 Å². The van der Waals surface area contributed by atoms with Crippen molar-refractivity contribution >= 4 is 5.91 Å². The van der Waals surface area contributed by atoms with E-state index in [1.165, 1.54) is 6.42 Å². The second kappa shape index (κ2) is 7.07. The van der Waals surface area contributed by atoms with E-state index in [1.54, 1.807) is 0 Å². The Morgan fingerprint density at radius 2 is 2.00 bits per heavy atom. The van der Waals surface area contributed by atoms with Gasteiger partial charge in [-0.3, -0.25) is 9.69 Å². The zero-order chi connectivity index (χ0) is 12.8. The fourth-order valence-corrected chi connectivity index (χ4v) is 2.94. The van der Waals surface area contributed by atoms with Crippen LogP contribution in [0.1, 0.15) is 25.7 Å². The van der Waals surface area contributed by atoms with E-state index in [0.29, 0.717) is 6.54 Å². The summed E-state index contributed by atoms with van der Waals surface area (Å²) >= 11 is 0. The smallest absolute Gasteiger partial charge is 0.234 e. The fourth-order valence-electron chi connectivity index (χ4n) is 2.94. The van der Waals surface area contributed by atoms with Crippen LogP contribution in [-0.2, 0) is 4.79 Å². The van der Waals surface area contributed by atoms with Gasteiger partial charge in [-0.15, -0.1) is 0 Å². The van der Waals surface area contributed by atoms with Crippen molar-refractivity contribution in [2.24, 2.45) is 5.92 Å². The Kier molecular flexibility index (Phi) is 5.41. The lowest BCUT2D eigenvalue weighted by Crippen LogP contribution is -2.50. The summed E-state index contributed by atoms with van der Waals surface area (Å²) in [5, 5.41) is 15.7. The molecule has 0 aromatic heterocycles. The van der Waals surface area contributed by atoms with Crippen LogP contribution in [-0.4, -0.2) is 61.3 Å². The summed E-state index contributed by atoms with van der Waals surface area (Å²) in [6.45, 7) is 4.52. The van der Waals surface area contributed by atoms with Crippen molar-refractivity contribution in [1.29, 1.82) is 0 Å². The van der Waals surface area contributed by atoms with Crippen molar-refractivity contribution in [3.05, 3.63) is 0 Å². The molecule has 0 radical (unpaired) electrons. The lowest BCUT2D eigenvalue weighted by atomic mass is 9.85. The average Bonchev–Trinajstić information content (AvgIpc) is 2.40. The van der Waals surface area contributed by atoms with Crippen LogP contribution >= 0.6 is 0 Å². The Balaban J connectivity index is 1.75. The first-order valence-electron chi connectivity index (χ1n) is 7.13. The lowest BCUT2D eigenvalue weighted by Gasteiger charge is -2.32. The van der Waals surface area contributed by atoms with Gasteiger partial charge in [0.1, 0.15) is 0 Å². The SMILES string of the molecule is O=C(CN1CCNCC1)NC1CCCCC1CO. The molecule has 3 N–H and O–H groups in total. The van der Waals surface area contributed by atoms with E-state index in [2.05, 4.69) is 15.5 Å². The van der Waals surface area contributed by atoms with E-state index in [4.69, 9.17) is 0 Å². The molecule has 2 atom stereocenters. The monoisotopic (exact) mass is 255 g/mol. The number of hydrogen-bond acceptors (Lipinski definition) is 4. The molecular weight excluding hydrogens is 230 g/mol. The minimum atomic E-state index is 0.113. The lowest BCUT2D eigenvalue weighted by molar-refractivity contribution is -0.123. The second-order valence-electron chi connectivity index (χ2n) is 5.43. The number of nitrogens with zero attached hydrogens (tertiary/aromatic N) is 1. The highest BCUT2D eigenvalue weighted by Crippen LogP contribution is 2.23. The van der Waals surface area contributed by atoms with Crippen LogP contribution in [0.4, 0.5) is 0 Å². The topological polar surface area (TPSA) is 64.6 Å². The second-order valence-corrected chi connectivity index (χ2v) is 5.43. The highest BCUT2D eigenvalue weighted by Gasteiger charge is 2.26. The molecule has 1 amide bonds. The van der Waals surface area contributed by atoms with Crippen LogP contribution in [0, 0.1) is 5.92 Å². The first-order chi connectivity index (χ1) is 8.79. The summed E-state index contributed by atoms with van der Waals surface area (Å²) in [5.41, 5.74) is 0. The Labute approximate surface area is 109 Å². The maximum absolute atomic E-state index is 12.0. The van der Waals surface area contributed by atoms with Crippen LogP contribution < -0.4 is 10.6 Å². The van der Waals surface area contributed by atoms with Gasteiger partial charge < -0.3 is 15.7 Å². The van der Waals surface area contributed by atoms with Crippen molar-refractivity contribution < 1.29 is 9.90 Å². The molecule has 2 rings (SSSR count). The van der Waals surface area contributed by atoms with Crippen molar-refractivity contribution in [3.8, 4) is 0 Å². The standard InChI is InChI=1S/C13H25N3O2/c17-10-11-3-1-2-4-12(11)15-13(18)9-16-7-5-14-6-8-16/h11-12,14,17H,1-10H2,(H,15,18). The zero-order valence-corrected chi connectivity index (χ0v) is 11.0. The Morgan fingerprint density at radius 1 is 1.28 bits per heavy atom. The van der Waals surface area contributed by atoms with E-state index in [-0.39, 0.29) is 24.5 Å². The third kappa shape index (κ3) is 3.93. The van der Waals surface area contributed by atoms with Crippen LogP contribution in [0.5, 0.6) is 0 Å². The molecule has 0 spiro atoms. The molecule has 18 heavy (non-hydrogen) atoms. The highest BCUT2D eigenvalue weighted by molar-refractivity contribution is 5.78. The third-order valence-electron chi connectivity index (χ3n) is 4.07. The molecule has 5 nitrogen and oxygen atoms in total. The summed E-state index contributed by atoms with van der Waals surface area (Å²) in [6, 6.07) is 0.180. The van der Waals surface area contributed by atoms with Gasteiger partial charge in [0.15, 0.2) is 0 Å². The van der Waals surface area contributed by atoms with E-state index >= 15 is 0 Å². The minimum Gasteiger partial charge on any atom is -0.396 e. The van der Waals surface area contributed by atoms with Crippen LogP contribution in [0.25, 0.3) is 0 Å². The number of carbonyl (C=O) groups is 1. The number of nitrogens with one attached hydrogen (secondary N) is 2. The van der Waals surface area contributed by atoms with Gasteiger partial charge in [-0.25, -0.2) is 0 Å². The van der Waals surface area contributed by atoms with Gasteiger partial charge in [-0.05, 0) is 12.8 Å². The largest absolute Gasteiger partial charge is 0.396 e. The molecule has 0 bridgehead atoms. The molecule has 5 heteroatoms. The van der Waals surface area contributed by atoms with Crippen molar-refractivity contribution in [1.82, 2.24) is 15.5 Å². The molecule has 1 saturated heterocycles. The van der Waals surface area contributed by atoms with Crippen molar-refractivity contribution in [3.63, 3.8) is 0 Å². The van der Waals surface area contributed by atoms with Crippen LogP contribution in [0.3, 0.4) is 0 Å². The fraction of sp³-hybridized carbons (Fsp3) is 0.923. The van der Waals surface area contributed by atoms with E-state index < -0.39 is 0 Å². The molecule has 2 aliphatic rings. The normalized spacial score (nSPS) is 30.1. The van der Waals surface area contributed by atoms with E-state index in [0.717, 1.165) is 45.4 Å². The first kappa shape index (κ1) is 13.8. The Bertz CT molecular complexity index is 267. The van der Waals surface area contributed by atoms with Gasteiger partial charge >= 0.3 is 0 Å². The number of amides is 1. The summed E-state index contributed by atoms with van der Waals surface area (Å²) in [5.74, 6) is 0.368. The highest BCUT2D eigenvalue weighted by atomic mass is 16.3. The third-order valence-corrected chi connectivity index (χ3v) is 4.07. The average molecular weight is 255 g/mol. The molecule has 1 saturated carbocycles. The predicted octanol–water partition coefficient (Wildman–Crippen LogP) is -0.441. The maximum atomic E-state index is 12.0. The summed E-state index contributed by atoms with van der Waals surface area (Å²) in [6.07, 6.45) is 4.39. The molecule has 2 unspecified atom stereocenters. The van der Waals surface area contributed by atoms with Crippen molar-refractivity contribution in [2.45, 2.75) is 31.7 Å². The minimum absolute atomic E-state index is 0.113. The number of aliphatic hydroxyl groups is 1. The van der Waals surface area contributed by atoms with Crippen molar-refractivity contribution in [2.75, 3.05) is 39.3 Å². The van der Waals surface area contributed by atoms with E-state index in [9.17, 15) is 9.90 Å². The van der Waals surface area contributed by atoms with Gasteiger partial charge in [-0.2, -0.15) is 0 Å². The number of rotatable bonds is 4. The molecular formula is C13H25N3O2. The predicted molar refractivity (Wildman–Crippen MR) is 70.3 cm³/mol. The summed E-state index contributed by atoms with van der Waals surface area (Å²) in [7, 11) is 0. The Hall–Kier alpha value is -0.650. The van der Waals surface area contributed by atoms with Gasteiger partial charge in [-0.1, -0.05) is 12.8 Å². The number of hydrogen-bond donors (Lipinski definition) is 3. The number of carbonyl (C=O) groups excluding carboxylic acids is 1. The van der Waals surface area contributed by atoms with Gasteiger partial charge in [0, 0.05) is 44.7 Å².